The number of carbonyl (C=O) groups excluding carboxylic acids is 1. The van der Waals surface area contributed by atoms with Crippen LogP contribution in [0.25, 0.3) is 0 Å². The number of amides is 1. The van der Waals surface area contributed by atoms with Crippen molar-refractivity contribution in [1.82, 2.24) is 5.32 Å². The highest BCUT2D eigenvalue weighted by Gasteiger charge is 2.18. The van der Waals surface area contributed by atoms with Crippen LogP contribution in [0.5, 0.6) is 0 Å². The highest BCUT2D eigenvalue weighted by Crippen LogP contribution is 2.11. The van der Waals surface area contributed by atoms with Crippen LogP contribution in [0.3, 0.4) is 0 Å². The van der Waals surface area contributed by atoms with Crippen molar-refractivity contribution in [1.29, 1.82) is 0 Å². The summed E-state index contributed by atoms with van der Waals surface area (Å²) in [5.74, 6) is -1.98. The van der Waals surface area contributed by atoms with Gasteiger partial charge in [0.1, 0.15) is 0 Å². The summed E-state index contributed by atoms with van der Waals surface area (Å²) >= 11 is 0. The van der Waals surface area contributed by atoms with Crippen molar-refractivity contribution in [3.05, 3.63) is 29.8 Å². The third kappa shape index (κ3) is 5.18. The highest BCUT2D eigenvalue weighted by molar-refractivity contribution is 7.90. The predicted octanol–water partition coefficient (Wildman–Crippen LogP) is 1.32. The number of nitrogens with one attached hydrogen (secondary N) is 1. The number of hydrogen-bond donors (Lipinski definition) is 2. The maximum absolute atomic E-state index is 11.9. The second kappa shape index (κ2) is 7.21. The normalized spacial score (nSPS) is 12.7. The number of hydrogen-bond acceptors (Lipinski definition) is 4. The van der Waals surface area contributed by atoms with E-state index < -0.39 is 27.6 Å². The Morgan fingerprint density at radius 3 is 2.24 bits per heavy atom. The fourth-order valence-electron chi connectivity index (χ4n) is 1.83. The lowest BCUT2D eigenvalue weighted by Crippen LogP contribution is -2.32. The van der Waals surface area contributed by atoms with Crippen molar-refractivity contribution in [3.63, 3.8) is 0 Å². The van der Waals surface area contributed by atoms with Crippen molar-refractivity contribution in [2.45, 2.75) is 24.7 Å². The summed E-state index contributed by atoms with van der Waals surface area (Å²) in [5.41, 5.74) is 0.294. The van der Waals surface area contributed by atoms with E-state index in [2.05, 4.69) is 5.32 Å². The number of carboxylic acid groups (broad SMARTS) is 1. The Bertz CT molecular complexity index is 607. The minimum absolute atomic E-state index is 0.0514. The van der Waals surface area contributed by atoms with Gasteiger partial charge in [-0.05, 0) is 30.7 Å². The van der Waals surface area contributed by atoms with Crippen LogP contribution >= 0.6 is 0 Å². The fourth-order valence-corrected chi connectivity index (χ4v) is 2.46. The molecule has 1 aromatic rings. The number of carbonyl (C=O) groups is 2. The minimum Gasteiger partial charge on any atom is -0.481 e. The van der Waals surface area contributed by atoms with Crippen LogP contribution in [0, 0.1) is 5.92 Å². The summed E-state index contributed by atoms with van der Waals surface area (Å²) in [4.78, 5) is 23.0. The number of benzene rings is 1. The lowest BCUT2D eigenvalue weighted by molar-refractivity contribution is -0.141. The van der Waals surface area contributed by atoms with E-state index in [1.165, 1.54) is 24.3 Å². The van der Waals surface area contributed by atoms with Gasteiger partial charge >= 0.3 is 5.97 Å². The Hall–Kier alpha value is -1.89. The summed E-state index contributed by atoms with van der Waals surface area (Å²) in [5, 5.41) is 11.5. The van der Waals surface area contributed by atoms with Gasteiger partial charge in [-0.1, -0.05) is 13.3 Å². The van der Waals surface area contributed by atoms with Crippen LogP contribution in [0.1, 0.15) is 30.1 Å². The van der Waals surface area contributed by atoms with Gasteiger partial charge in [-0.2, -0.15) is 0 Å². The Morgan fingerprint density at radius 1 is 1.24 bits per heavy atom. The van der Waals surface area contributed by atoms with E-state index in [4.69, 9.17) is 5.11 Å². The van der Waals surface area contributed by atoms with E-state index in [0.717, 1.165) is 12.7 Å². The topological polar surface area (TPSA) is 101 Å². The Morgan fingerprint density at radius 2 is 1.81 bits per heavy atom. The van der Waals surface area contributed by atoms with Crippen LogP contribution in [-0.2, 0) is 14.6 Å². The van der Waals surface area contributed by atoms with Crippen molar-refractivity contribution >= 4 is 21.7 Å². The maximum Gasteiger partial charge on any atom is 0.308 e. The number of sulfone groups is 1. The van der Waals surface area contributed by atoms with Crippen LogP contribution in [0.4, 0.5) is 0 Å². The summed E-state index contributed by atoms with van der Waals surface area (Å²) in [6, 6.07) is 5.51. The van der Waals surface area contributed by atoms with Crippen LogP contribution in [0.2, 0.25) is 0 Å². The van der Waals surface area contributed by atoms with Gasteiger partial charge in [0, 0.05) is 18.4 Å². The molecule has 1 amide bonds. The van der Waals surface area contributed by atoms with Gasteiger partial charge in [0.2, 0.25) is 0 Å². The molecule has 21 heavy (non-hydrogen) atoms. The molecule has 0 aromatic heterocycles. The molecule has 1 aromatic carbocycles. The smallest absolute Gasteiger partial charge is 0.308 e. The molecule has 1 unspecified atom stereocenters. The van der Waals surface area contributed by atoms with Crippen LogP contribution in [-0.4, -0.2) is 38.2 Å². The summed E-state index contributed by atoms with van der Waals surface area (Å²) in [6.45, 7) is 1.93. The van der Waals surface area contributed by atoms with Crippen molar-refractivity contribution in [2.24, 2.45) is 5.92 Å². The first-order valence-electron chi connectivity index (χ1n) is 6.56. The zero-order chi connectivity index (χ0) is 16.0. The maximum atomic E-state index is 11.9. The lowest BCUT2D eigenvalue weighted by atomic mass is 10.0. The molecule has 1 atom stereocenters. The highest BCUT2D eigenvalue weighted by atomic mass is 32.2. The Labute approximate surface area is 124 Å². The third-order valence-electron chi connectivity index (χ3n) is 3.04. The molecule has 116 valence electrons. The van der Waals surface area contributed by atoms with Gasteiger partial charge in [0.25, 0.3) is 5.91 Å². The van der Waals surface area contributed by atoms with E-state index in [-0.39, 0.29) is 11.4 Å². The molecule has 0 heterocycles. The molecule has 0 spiro atoms. The van der Waals surface area contributed by atoms with Gasteiger partial charge in [0.15, 0.2) is 9.84 Å². The molecule has 0 bridgehead atoms. The molecule has 0 aliphatic rings. The lowest BCUT2D eigenvalue weighted by Gasteiger charge is -2.12. The molecule has 0 saturated heterocycles. The Balaban J connectivity index is 2.70. The molecular formula is C14H19NO5S. The summed E-state index contributed by atoms with van der Waals surface area (Å²) in [6.07, 6.45) is 2.29. The average Bonchev–Trinajstić information content (AvgIpc) is 2.42. The monoisotopic (exact) mass is 313 g/mol. The number of carboxylic acids is 1. The predicted molar refractivity (Wildman–Crippen MR) is 77.9 cm³/mol. The van der Waals surface area contributed by atoms with Crippen molar-refractivity contribution in [3.8, 4) is 0 Å². The molecule has 0 fully saturated rings. The number of aliphatic carboxylic acids is 1. The van der Waals surface area contributed by atoms with Gasteiger partial charge < -0.3 is 10.4 Å². The summed E-state index contributed by atoms with van der Waals surface area (Å²) < 4.78 is 22.6. The van der Waals surface area contributed by atoms with Crippen molar-refractivity contribution in [2.75, 3.05) is 12.8 Å². The van der Waals surface area contributed by atoms with E-state index in [0.29, 0.717) is 12.0 Å². The molecule has 0 radical (unpaired) electrons. The second-order valence-corrected chi connectivity index (χ2v) is 6.85. The van der Waals surface area contributed by atoms with Gasteiger partial charge in [-0.25, -0.2) is 8.42 Å². The van der Waals surface area contributed by atoms with E-state index in [9.17, 15) is 18.0 Å². The first-order valence-corrected chi connectivity index (χ1v) is 8.46. The molecule has 1 rings (SSSR count). The Kier molecular flexibility index (Phi) is 5.90. The fraction of sp³-hybridized carbons (Fsp3) is 0.429. The third-order valence-corrected chi connectivity index (χ3v) is 4.17. The number of rotatable bonds is 7. The van der Waals surface area contributed by atoms with Gasteiger partial charge in [0.05, 0.1) is 10.8 Å². The molecule has 0 aliphatic heterocycles. The molecule has 6 nitrogen and oxygen atoms in total. The minimum atomic E-state index is -3.30. The quantitative estimate of drug-likeness (QED) is 0.790. The van der Waals surface area contributed by atoms with E-state index >= 15 is 0 Å². The average molecular weight is 313 g/mol. The van der Waals surface area contributed by atoms with Crippen LogP contribution in [0.15, 0.2) is 29.2 Å². The van der Waals surface area contributed by atoms with Gasteiger partial charge in [-0.3, -0.25) is 9.59 Å². The molecule has 7 heteroatoms. The van der Waals surface area contributed by atoms with Gasteiger partial charge in [-0.15, -0.1) is 0 Å². The largest absolute Gasteiger partial charge is 0.481 e. The van der Waals surface area contributed by atoms with Crippen LogP contribution < -0.4 is 5.32 Å². The van der Waals surface area contributed by atoms with E-state index in [1.54, 1.807) is 0 Å². The van der Waals surface area contributed by atoms with Crippen molar-refractivity contribution < 1.29 is 23.1 Å². The molecule has 0 aliphatic carbocycles. The second-order valence-electron chi connectivity index (χ2n) is 4.83. The van der Waals surface area contributed by atoms with E-state index in [1.807, 2.05) is 6.92 Å². The SMILES string of the molecule is CCCC(CNC(=O)c1ccc(S(C)(=O)=O)cc1)C(=O)O. The summed E-state index contributed by atoms with van der Waals surface area (Å²) in [7, 11) is -3.30. The zero-order valence-corrected chi connectivity index (χ0v) is 12.8. The standard InChI is InChI=1S/C14H19NO5S/c1-3-4-11(14(17)18)9-15-13(16)10-5-7-12(8-6-10)21(2,19)20/h5-8,11H,3-4,9H2,1-2H3,(H,15,16)(H,17,18). The first-order chi connectivity index (χ1) is 9.75. The molecular weight excluding hydrogens is 294 g/mol. The molecule has 0 saturated carbocycles. The molecule has 2 N–H and O–H groups in total. The zero-order valence-electron chi connectivity index (χ0n) is 12.0. The first kappa shape index (κ1) is 17.2.